The standard InChI is InChI=1S/C18H18N2O2S2/c1-11-17(16-9-8-15(24-16)10-19-12(2)21)20-18(23-11)13-4-6-14(22-3)7-5-13/h4-9H,10H2,1-3H3,(H,19,21). The molecule has 0 fully saturated rings. The third kappa shape index (κ3) is 3.66. The Kier molecular flexibility index (Phi) is 4.97. The first-order valence-electron chi connectivity index (χ1n) is 7.52. The molecule has 0 bridgehead atoms. The number of amides is 1. The van der Waals surface area contributed by atoms with Crippen LogP contribution in [-0.2, 0) is 11.3 Å². The van der Waals surface area contributed by atoms with Gasteiger partial charge in [-0.05, 0) is 43.3 Å². The van der Waals surface area contributed by atoms with Crippen molar-refractivity contribution >= 4 is 28.6 Å². The number of benzene rings is 1. The maximum atomic E-state index is 11.0. The van der Waals surface area contributed by atoms with Gasteiger partial charge < -0.3 is 10.1 Å². The number of aryl methyl sites for hydroxylation is 1. The maximum absolute atomic E-state index is 11.0. The Morgan fingerprint density at radius 3 is 2.58 bits per heavy atom. The largest absolute Gasteiger partial charge is 0.497 e. The molecule has 1 aromatic carbocycles. The number of carbonyl (C=O) groups excluding carboxylic acids is 1. The molecule has 3 aromatic rings. The number of hydrogen-bond donors (Lipinski definition) is 1. The highest BCUT2D eigenvalue weighted by atomic mass is 32.1. The van der Waals surface area contributed by atoms with E-state index < -0.39 is 0 Å². The molecular formula is C18H18N2O2S2. The van der Waals surface area contributed by atoms with Gasteiger partial charge in [0, 0.05) is 22.2 Å². The molecule has 0 aliphatic carbocycles. The molecule has 0 saturated carbocycles. The van der Waals surface area contributed by atoms with Crippen molar-refractivity contribution in [1.82, 2.24) is 10.3 Å². The third-order valence-electron chi connectivity index (χ3n) is 3.54. The minimum atomic E-state index is -0.0171. The highest BCUT2D eigenvalue weighted by Crippen LogP contribution is 2.36. The molecule has 0 aliphatic heterocycles. The first-order valence-corrected chi connectivity index (χ1v) is 9.15. The van der Waals surface area contributed by atoms with Crippen LogP contribution < -0.4 is 10.1 Å². The molecule has 0 aliphatic rings. The summed E-state index contributed by atoms with van der Waals surface area (Å²) in [5.41, 5.74) is 2.11. The van der Waals surface area contributed by atoms with Gasteiger partial charge in [0.25, 0.3) is 0 Å². The van der Waals surface area contributed by atoms with E-state index in [1.165, 1.54) is 11.8 Å². The number of aromatic nitrogens is 1. The Balaban J connectivity index is 1.84. The summed E-state index contributed by atoms with van der Waals surface area (Å²) in [6.45, 7) is 4.18. The van der Waals surface area contributed by atoms with Crippen LogP contribution in [0.4, 0.5) is 0 Å². The van der Waals surface area contributed by atoms with Crippen molar-refractivity contribution in [3.63, 3.8) is 0 Å². The first kappa shape index (κ1) is 16.7. The van der Waals surface area contributed by atoms with Crippen molar-refractivity contribution in [2.75, 3.05) is 7.11 Å². The molecule has 0 unspecified atom stereocenters. The van der Waals surface area contributed by atoms with Gasteiger partial charge in [0.1, 0.15) is 10.8 Å². The van der Waals surface area contributed by atoms with Crippen LogP contribution in [0.3, 0.4) is 0 Å². The van der Waals surface area contributed by atoms with E-state index in [0.29, 0.717) is 6.54 Å². The van der Waals surface area contributed by atoms with Crippen molar-refractivity contribution in [3.8, 4) is 26.9 Å². The topological polar surface area (TPSA) is 51.2 Å². The highest BCUT2D eigenvalue weighted by molar-refractivity contribution is 7.17. The number of carbonyl (C=O) groups is 1. The van der Waals surface area contributed by atoms with E-state index in [1.807, 2.05) is 30.3 Å². The van der Waals surface area contributed by atoms with Crippen LogP contribution in [-0.4, -0.2) is 18.0 Å². The average molecular weight is 358 g/mol. The molecule has 24 heavy (non-hydrogen) atoms. The van der Waals surface area contributed by atoms with Crippen LogP contribution in [0.2, 0.25) is 0 Å². The molecule has 0 spiro atoms. The smallest absolute Gasteiger partial charge is 0.217 e. The molecule has 3 rings (SSSR count). The fraction of sp³-hybridized carbons (Fsp3) is 0.222. The lowest BCUT2D eigenvalue weighted by molar-refractivity contribution is -0.119. The second-order valence-electron chi connectivity index (χ2n) is 5.33. The van der Waals surface area contributed by atoms with Gasteiger partial charge >= 0.3 is 0 Å². The van der Waals surface area contributed by atoms with Gasteiger partial charge in [-0.2, -0.15) is 0 Å². The molecular weight excluding hydrogens is 340 g/mol. The van der Waals surface area contributed by atoms with Crippen LogP contribution in [0.1, 0.15) is 16.7 Å². The molecule has 1 amide bonds. The Labute approximate surface area is 149 Å². The second-order valence-corrected chi connectivity index (χ2v) is 7.70. The predicted octanol–water partition coefficient (Wildman–Crippen LogP) is 4.49. The van der Waals surface area contributed by atoms with Crippen LogP contribution >= 0.6 is 22.7 Å². The maximum Gasteiger partial charge on any atom is 0.217 e. The van der Waals surface area contributed by atoms with Crippen molar-refractivity contribution < 1.29 is 9.53 Å². The minimum absolute atomic E-state index is 0.0171. The first-order chi connectivity index (χ1) is 11.6. The Bertz CT molecular complexity index is 850. The number of methoxy groups -OCH3 is 1. The fourth-order valence-electron chi connectivity index (χ4n) is 2.29. The number of rotatable bonds is 5. The third-order valence-corrected chi connectivity index (χ3v) is 5.65. The molecule has 6 heteroatoms. The zero-order chi connectivity index (χ0) is 17.1. The van der Waals surface area contributed by atoms with E-state index in [-0.39, 0.29) is 5.91 Å². The number of ether oxygens (including phenoxy) is 1. The predicted molar refractivity (Wildman–Crippen MR) is 99.7 cm³/mol. The van der Waals surface area contributed by atoms with Crippen LogP contribution in [0, 0.1) is 6.92 Å². The summed E-state index contributed by atoms with van der Waals surface area (Å²) in [5, 5.41) is 3.83. The monoisotopic (exact) mass is 358 g/mol. The van der Waals surface area contributed by atoms with Crippen molar-refractivity contribution in [2.24, 2.45) is 0 Å². The molecule has 2 aromatic heterocycles. The minimum Gasteiger partial charge on any atom is -0.497 e. The SMILES string of the molecule is COc1ccc(-c2nc(-c3ccc(CNC(C)=O)s3)c(C)s2)cc1. The average Bonchev–Trinajstić information content (AvgIpc) is 3.19. The molecule has 2 heterocycles. The van der Waals surface area contributed by atoms with Gasteiger partial charge in [-0.15, -0.1) is 22.7 Å². The van der Waals surface area contributed by atoms with Crippen molar-refractivity contribution in [2.45, 2.75) is 20.4 Å². The van der Waals surface area contributed by atoms with Gasteiger partial charge in [-0.3, -0.25) is 4.79 Å². The van der Waals surface area contributed by atoms with E-state index in [0.717, 1.165) is 31.8 Å². The Morgan fingerprint density at radius 2 is 1.92 bits per heavy atom. The zero-order valence-corrected chi connectivity index (χ0v) is 15.4. The number of hydrogen-bond acceptors (Lipinski definition) is 5. The van der Waals surface area contributed by atoms with E-state index in [1.54, 1.807) is 29.8 Å². The van der Waals surface area contributed by atoms with Crippen molar-refractivity contribution in [1.29, 1.82) is 0 Å². The number of thiophene rings is 1. The van der Waals surface area contributed by atoms with E-state index in [4.69, 9.17) is 9.72 Å². The van der Waals surface area contributed by atoms with Crippen molar-refractivity contribution in [3.05, 3.63) is 46.2 Å². The van der Waals surface area contributed by atoms with E-state index in [2.05, 4.69) is 18.3 Å². The lowest BCUT2D eigenvalue weighted by atomic mass is 10.2. The quantitative estimate of drug-likeness (QED) is 0.731. The van der Waals surface area contributed by atoms with Gasteiger partial charge in [-0.25, -0.2) is 4.98 Å². The molecule has 124 valence electrons. The lowest BCUT2D eigenvalue weighted by Crippen LogP contribution is -2.17. The van der Waals surface area contributed by atoms with E-state index in [9.17, 15) is 4.79 Å². The van der Waals surface area contributed by atoms with E-state index >= 15 is 0 Å². The molecule has 0 atom stereocenters. The highest BCUT2D eigenvalue weighted by Gasteiger charge is 2.13. The summed E-state index contributed by atoms with van der Waals surface area (Å²) in [5.74, 6) is 0.824. The molecule has 4 nitrogen and oxygen atoms in total. The van der Waals surface area contributed by atoms with Crippen LogP contribution in [0.5, 0.6) is 5.75 Å². The fourth-order valence-corrected chi connectivity index (χ4v) is 4.29. The summed E-state index contributed by atoms with van der Waals surface area (Å²) >= 11 is 3.35. The Hall–Kier alpha value is -2.18. The van der Waals surface area contributed by atoms with Gasteiger partial charge in [0.15, 0.2) is 0 Å². The summed E-state index contributed by atoms with van der Waals surface area (Å²) in [7, 11) is 1.66. The summed E-state index contributed by atoms with van der Waals surface area (Å²) < 4.78 is 5.20. The van der Waals surface area contributed by atoms with Crippen LogP contribution in [0.25, 0.3) is 21.1 Å². The molecule has 0 saturated heterocycles. The Morgan fingerprint density at radius 1 is 1.17 bits per heavy atom. The summed E-state index contributed by atoms with van der Waals surface area (Å²) in [6.07, 6.45) is 0. The van der Waals surface area contributed by atoms with Crippen LogP contribution in [0.15, 0.2) is 36.4 Å². The number of nitrogens with zero attached hydrogens (tertiary/aromatic N) is 1. The summed E-state index contributed by atoms with van der Waals surface area (Å²) in [4.78, 5) is 19.3. The zero-order valence-electron chi connectivity index (χ0n) is 13.8. The van der Waals surface area contributed by atoms with Gasteiger partial charge in [0.05, 0.1) is 24.2 Å². The van der Waals surface area contributed by atoms with Gasteiger partial charge in [-0.1, -0.05) is 0 Å². The lowest BCUT2D eigenvalue weighted by Gasteiger charge is -2.00. The van der Waals surface area contributed by atoms with Gasteiger partial charge in [0.2, 0.25) is 5.91 Å². The summed E-state index contributed by atoms with van der Waals surface area (Å²) in [6, 6.07) is 12.1. The molecule has 0 radical (unpaired) electrons. The second kappa shape index (κ2) is 7.15. The molecule has 1 N–H and O–H groups in total. The number of nitrogens with one attached hydrogen (secondary N) is 1. The number of thiazole rings is 1. The normalized spacial score (nSPS) is 10.6.